The number of H-pyrrole nitrogens is 2. The summed E-state index contributed by atoms with van der Waals surface area (Å²) in [5, 5.41) is 11.2. The van der Waals surface area contributed by atoms with Crippen molar-refractivity contribution >= 4 is 39.6 Å². The molecule has 0 spiro atoms. The number of nitrogens with zero attached hydrogens (tertiary/aromatic N) is 7. The number of hydrogen-bond acceptors (Lipinski definition) is 9. The van der Waals surface area contributed by atoms with Crippen molar-refractivity contribution in [1.82, 2.24) is 44.9 Å². The number of anilines is 1. The number of carbonyl (C=O) groups excluding carboxylic acids is 2. The van der Waals surface area contributed by atoms with Crippen LogP contribution < -0.4 is 5.32 Å². The van der Waals surface area contributed by atoms with Gasteiger partial charge in [0.25, 0.3) is 5.91 Å². The van der Waals surface area contributed by atoms with Crippen molar-refractivity contribution < 1.29 is 14.3 Å². The first-order valence-electron chi connectivity index (χ1n) is 14.0. The molecule has 2 amide bonds. The average Bonchev–Trinajstić information content (AvgIpc) is 3.65. The number of pyridine rings is 3. The number of hydrogen-bond donors (Lipinski definition) is 3. The molecule has 0 saturated carbocycles. The Morgan fingerprint density at radius 1 is 0.976 bits per heavy atom. The zero-order chi connectivity index (χ0) is 28.6. The molecule has 2 saturated heterocycles. The van der Waals surface area contributed by atoms with Crippen LogP contribution in [0.2, 0.25) is 0 Å². The van der Waals surface area contributed by atoms with Gasteiger partial charge in [-0.2, -0.15) is 5.10 Å². The minimum atomic E-state index is -0.122. The van der Waals surface area contributed by atoms with E-state index in [1.165, 1.54) is 0 Å². The van der Waals surface area contributed by atoms with Crippen LogP contribution in [0.25, 0.3) is 44.7 Å². The van der Waals surface area contributed by atoms with Gasteiger partial charge in [0, 0.05) is 48.7 Å². The van der Waals surface area contributed by atoms with Crippen LogP contribution in [0.4, 0.5) is 5.69 Å². The number of carbonyl (C=O) groups is 2. The fraction of sp³-hybridized carbons (Fsp3) is 0.345. The number of imidazole rings is 1. The minimum absolute atomic E-state index is 0.0000463. The van der Waals surface area contributed by atoms with E-state index in [1.807, 2.05) is 12.1 Å². The third-order valence-electron chi connectivity index (χ3n) is 8.00. The molecule has 5 aromatic heterocycles. The molecule has 13 nitrogen and oxygen atoms in total. The van der Waals surface area contributed by atoms with Crippen LogP contribution in [0.15, 0.2) is 43.1 Å². The lowest BCUT2D eigenvalue weighted by atomic mass is 9.96. The van der Waals surface area contributed by atoms with Gasteiger partial charge in [-0.15, -0.1) is 0 Å². The fourth-order valence-corrected chi connectivity index (χ4v) is 5.56. The van der Waals surface area contributed by atoms with Gasteiger partial charge in [-0.3, -0.25) is 24.7 Å². The first kappa shape index (κ1) is 26.2. The maximum atomic E-state index is 13.2. The predicted octanol–water partition coefficient (Wildman–Crippen LogP) is 2.71. The number of likely N-dealkylation sites (tertiary alicyclic amines) is 1. The molecule has 2 aliphatic heterocycles. The largest absolute Gasteiger partial charge is 0.378 e. The Labute approximate surface area is 240 Å². The third kappa shape index (κ3) is 4.97. The molecule has 0 radical (unpaired) electrons. The van der Waals surface area contributed by atoms with E-state index in [-0.39, 0.29) is 17.7 Å². The highest BCUT2D eigenvalue weighted by Crippen LogP contribution is 2.30. The Balaban J connectivity index is 1.18. The van der Waals surface area contributed by atoms with E-state index >= 15 is 0 Å². The number of ether oxygens (including phenoxy) is 1. The van der Waals surface area contributed by atoms with Gasteiger partial charge in [0.1, 0.15) is 11.2 Å². The number of aromatic amines is 2. The quantitative estimate of drug-likeness (QED) is 0.291. The van der Waals surface area contributed by atoms with E-state index in [2.05, 4.69) is 47.4 Å². The SMILES string of the molecule is CN1CCC(C(=O)Nc2cncc(-c3cnc4n[nH]c(-c5nc6c(C(=O)N7CCOCC7)cncc6[nH]5)c4c3)c2)CC1. The zero-order valence-electron chi connectivity index (χ0n) is 23.1. The van der Waals surface area contributed by atoms with Gasteiger partial charge >= 0.3 is 0 Å². The second-order valence-electron chi connectivity index (χ2n) is 10.8. The summed E-state index contributed by atoms with van der Waals surface area (Å²) < 4.78 is 5.39. The first-order chi connectivity index (χ1) is 20.5. The van der Waals surface area contributed by atoms with Crippen LogP contribution in [0, 0.1) is 5.92 Å². The third-order valence-corrected chi connectivity index (χ3v) is 8.00. The van der Waals surface area contributed by atoms with E-state index in [1.54, 1.807) is 35.9 Å². The lowest BCUT2D eigenvalue weighted by Crippen LogP contribution is -2.40. The van der Waals surface area contributed by atoms with Crippen molar-refractivity contribution in [3.63, 3.8) is 0 Å². The van der Waals surface area contributed by atoms with E-state index < -0.39 is 0 Å². The van der Waals surface area contributed by atoms with Crippen molar-refractivity contribution in [2.45, 2.75) is 12.8 Å². The normalized spacial score (nSPS) is 16.7. The summed E-state index contributed by atoms with van der Waals surface area (Å²) in [6, 6.07) is 3.87. The summed E-state index contributed by atoms with van der Waals surface area (Å²) in [5.74, 6) is 0.426. The molecule has 7 rings (SSSR count). The molecule has 0 aliphatic carbocycles. The van der Waals surface area contributed by atoms with Gasteiger partial charge in [0.2, 0.25) is 5.91 Å². The van der Waals surface area contributed by atoms with Crippen LogP contribution >= 0.6 is 0 Å². The van der Waals surface area contributed by atoms with Crippen LogP contribution in [-0.4, -0.2) is 103 Å². The van der Waals surface area contributed by atoms with Crippen LogP contribution in [-0.2, 0) is 9.53 Å². The lowest BCUT2D eigenvalue weighted by molar-refractivity contribution is -0.121. The van der Waals surface area contributed by atoms with Gasteiger partial charge in [0.05, 0.1) is 47.8 Å². The van der Waals surface area contributed by atoms with Crippen molar-refractivity contribution in [3.05, 3.63) is 48.7 Å². The van der Waals surface area contributed by atoms with Gasteiger partial charge < -0.3 is 24.8 Å². The number of amides is 2. The molecule has 0 atom stereocenters. The monoisotopic (exact) mass is 566 g/mol. The highest BCUT2D eigenvalue weighted by atomic mass is 16.5. The number of nitrogens with one attached hydrogen (secondary N) is 3. The lowest BCUT2D eigenvalue weighted by Gasteiger charge is -2.28. The van der Waals surface area contributed by atoms with Gasteiger partial charge in [-0.05, 0) is 45.1 Å². The molecule has 2 aliphatic rings. The predicted molar refractivity (Wildman–Crippen MR) is 156 cm³/mol. The molecule has 7 heterocycles. The smallest absolute Gasteiger partial charge is 0.257 e. The van der Waals surface area contributed by atoms with Crippen LogP contribution in [0.5, 0.6) is 0 Å². The number of aromatic nitrogens is 7. The Kier molecular flexibility index (Phi) is 6.80. The summed E-state index contributed by atoms with van der Waals surface area (Å²) >= 11 is 0. The number of rotatable bonds is 5. The van der Waals surface area contributed by atoms with Gasteiger partial charge in [0.15, 0.2) is 11.5 Å². The number of fused-ring (bicyclic) bond motifs is 2. The van der Waals surface area contributed by atoms with Crippen molar-refractivity contribution in [3.8, 4) is 22.6 Å². The highest BCUT2D eigenvalue weighted by Gasteiger charge is 2.25. The number of piperidine rings is 1. The standard InChI is InChI=1S/C29H30N10O3/c1-38-4-2-17(3-5-38)28(40)33-20-10-18(12-30-14-20)19-11-21-25(36-37-26(21)32-13-19)27-34-23-16-31-15-22(24(23)35-27)29(41)39-6-8-42-9-7-39/h10-17H,2-9H2,1H3,(H,33,40)(H,34,35)(H,32,36,37). The van der Waals surface area contributed by atoms with E-state index in [0.29, 0.717) is 65.8 Å². The first-order valence-corrected chi connectivity index (χ1v) is 14.0. The second kappa shape index (κ2) is 10.9. The molecule has 0 bridgehead atoms. The topological polar surface area (TPSA) is 158 Å². The molecule has 3 N–H and O–H groups in total. The van der Waals surface area contributed by atoms with Crippen molar-refractivity contribution in [2.24, 2.45) is 5.92 Å². The molecule has 2 fully saturated rings. The molecular formula is C29H30N10O3. The van der Waals surface area contributed by atoms with E-state index in [4.69, 9.17) is 9.72 Å². The van der Waals surface area contributed by atoms with Crippen molar-refractivity contribution in [1.29, 1.82) is 0 Å². The van der Waals surface area contributed by atoms with Crippen LogP contribution in [0.3, 0.4) is 0 Å². The fourth-order valence-electron chi connectivity index (χ4n) is 5.56. The Morgan fingerprint density at radius 3 is 2.60 bits per heavy atom. The average molecular weight is 567 g/mol. The Morgan fingerprint density at radius 2 is 1.76 bits per heavy atom. The minimum Gasteiger partial charge on any atom is -0.378 e. The molecular weight excluding hydrogens is 536 g/mol. The maximum absolute atomic E-state index is 13.2. The van der Waals surface area contributed by atoms with Crippen LogP contribution in [0.1, 0.15) is 23.2 Å². The molecule has 13 heteroatoms. The maximum Gasteiger partial charge on any atom is 0.257 e. The Hall–Kier alpha value is -4.75. The van der Waals surface area contributed by atoms with Crippen molar-refractivity contribution in [2.75, 3.05) is 51.8 Å². The molecule has 0 aromatic carbocycles. The van der Waals surface area contributed by atoms with E-state index in [9.17, 15) is 9.59 Å². The summed E-state index contributed by atoms with van der Waals surface area (Å²) in [5.41, 5.74) is 5.06. The molecule has 5 aromatic rings. The van der Waals surface area contributed by atoms with Gasteiger partial charge in [-0.1, -0.05) is 0 Å². The summed E-state index contributed by atoms with van der Waals surface area (Å²) in [4.78, 5) is 51.4. The molecule has 214 valence electrons. The summed E-state index contributed by atoms with van der Waals surface area (Å²) in [6.45, 7) is 3.93. The number of morpholine rings is 1. The summed E-state index contributed by atoms with van der Waals surface area (Å²) in [6.07, 6.45) is 10.0. The second-order valence-corrected chi connectivity index (χ2v) is 10.8. The summed E-state index contributed by atoms with van der Waals surface area (Å²) in [7, 11) is 2.08. The zero-order valence-corrected chi connectivity index (χ0v) is 23.1. The van der Waals surface area contributed by atoms with Gasteiger partial charge in [-0.25, -0.2) is 9.97 Å². The van der Waals surface area contributed by atoms with E-state index in [0.717, 1.165) is 42.4 Å². The molecule has 0 unspecified atom stereocenters. The Bertz CT molecular complexity index is 1780. The molecule has 42 heavy (non-hydrogen) atoms. The highest BCUT2D eigenvalue weighted by molar-refractivity contribution is 6.05.